The van der Waals surface area contributed by atoms with Gasteiger partial charge in [-0.05, 0) is 60.6 Å². The maximum Gasteiger partial charge on any atom is 0.513 e. The van der Waals surface area contributed by atoms with Crippen LogP contribution >= 0.6 is 0 Å². The van der Waals surface area contributed by atoms with Crippen molar-refractivity contribution in [1.29, 1.82) is 0 Å². The van der Waals surface area contributed by atoms with Crippen molar-refractivity contribution in [2.24, 2.45) is 29.4 Å². The Morgan fingerprint density at radius 2 is 1.27 bits per heavy atom. The first-order valence-corrected chi connectivity index (χ1v) is 14.2. The molecule has 0 amide bonds. The van der Waals surface area contributed by atoms with Crippen molar-refractivity contribution in [3.63, 3.8) is 0 Å². The van der Waals surface area contributed by atoms with Crippen molar-refractivity contribution in [2.45, 2.75) is 86.1 Å². The van der Waals surface area contributed by atoms with Crippen LogP contribution in [0.25, 0.3) is 0 Å². The summed E-state index contributed by atoms with van der Waals surface area (Å²) in [5.74, 6) is -2.39. The van der Waals surface area contributed by atoms with Gasteiger partial charge in [0, 0.05) is 12.3 Å². The molecule has 232 valence electrons. The first-order chi connectivity index (χ1) is 19.2. The molecule has 1 aromatic rings. The Morgan fingerprint density at radius 1 is 0.756 bits per heavy atom. The van der Waals surface area contributed by atoms with Gasteiger partial charge in [0.1, 0.15) is 6.04 Å². The SMILES string of the molecule is CC(C)CCOC(=O)Oc1ccc(C(C(C)COC(=O)CCC(C)C)[C@H](N)C(=O)O)cc1OC(=O)OCCC(C)C. The van der Waals surface area contributed by atoms with Crippen LogP contribution in [0.3, 0.4) is 0 Å². The molecule has 0 saturated heterocycles. The minimum Gasteiger partial charge on any atom is -0.480 e. The molecule has 0 radical (unpaired) electrons. The third-order valence-corrected chi connectivity index (χ3v) is 6.29. The van der Waals surface area contributed by atoms with Crippen LogP contribution in [-0.2, 0) is 23.8 Å². The van der Waals surface area contributed by atoms with Crippen molar-refractivity contribution >= 4 is 24.2 Å². The van der Waals surface area contributed by atoms with E-state index in [1.54, 1.807) is 6.92 Å². The van der Waals surface area contributed by atoms with Gasteiger partial charge in [-0.1, -0.05) is 54.5 Å². The molecule has 0 aliphatic rings. The van der Waals surface area contributed by atoms with E-state index in [1.807, 2.05) is 41.5 Å². The third kappa shape index (κ3) is 14.2. The van der Waals surface area contributed by atoms with E-state index in [2.05, 4.69) is 0 Å². The summed E-state index contributed by atoms with van der Waals surface area (Å²) in [6.45, 7) is 13.8. The predicted molar refractivity (Wildman–Crippen MR) is 152 cm³/mol. The van der Waals surface area contributed by atoms with Crippen molar-refractivity contribution in [3.8, 4) is 11.5 Å². The summed E-state index contributed by atoms with van der Waals surface area (Å²) in [5.41, 5.74) is 6.44. The Balaban J connectivity index is 3.25. The Kier molecular flexibility index (Phi) is 15.8. The van der Waals surface area contributed by atoms with Crippen molar-refractivity contribution in [3.05, 3.63) is 23.8 Å². The second-order valence-corrected chi connectivity index (χ2v) is 11.5. The first-order valence-electron chi connectivity index (χ1n) is 14.2. The monoisotopic (exact) mass is 581 g/mol. The lowest BCUT2D eigenvalue weighted by molar-refractivity contribution is -0.145. The minimum atomic E-state index is -1.38. The maximum absolute atomic E-state index is 12.4. The quantitative estimate of drug-likeness (QED) is 0.128. The summed E-state index contributed by atoms with van der Waals surface area (Å²) in [5, 5.41) is 9.71. The van der Waals surface area contributed by atoms with Gasteiger partial charge in [0.05, 0.1) is 19.8 Å². The van der Waals surface area contributed by atoms with Crippen molar-refractivity contribution in [1.82, 2.24) is 0 Å². The van der Waals surface area contributed by atoms with E-state index < -0.39 is 36.2 Å². The highest BCUT2D eigenvalue weighted by molar-refractivity contribution is 5.75. The topological polar surface area (TPSA) is 161 Å². The molecule has 0 aliphatic heterocycles. The Morgan fingerprint density at radius 3 is 1.76 bits per heavy atom. The number of carbonyl (C=O) groups excluding carboxylic acids is 3. The van der Waals surface area contributed by atoms with Crippen molar-refractivity contribution in [2.75, 3.05) is 19.8 Å². The number of hydrogen-bond donors (Lipinski definition) is 2. The zero-order chi connectivity index (χ0) is 31.1. The molecule has 0 aliphatic carbocycles. The zero-order valence-corrected chi connectivity index (χ0v) is 25.3. The fourth-order valence-electron chi connectivity index (χ4n) is 3.74. The summed E-state index contributed by atoms with van der Waals surface area (Å²) in [4.78, 5) is 48.8. The normalized spacial score (nSPS) is 13.4. The van der Waals surface area contributed by atoms with Crippen LogP contribution in [0.4, 0.5) is 9.59 Å². The highest BCUT2D eigenvalue weighted by Crippen LogP contribution is 2.36. The standard InChI is InChI=1S/C30H47NO10/c1-18(2)8-11-25(32)39-17-21(7)26(27(31)28(33)34)22-9-10-23(40-29(35)37-14-12-19(3)4)24(16-22)41-30(36)38-15-13-20(5)6/h9-10,16,18-21,26-27H,8,11-15,17,31H2,1-7H3,(H,33,34)/t21?,26?,27-/m0/s1. The van der Waals surface area contributed by atoms with Crippen molar-refractivity contribution < 1.29 is 48.0 Å². The van der Waals surface area contributed by atoms with E-state index in [-0.39, 0.29) is 43.7 Å². The minimum absolute atomic E-state index is 0.0730. The van der Waals surface area contributed by atoms with Crippen LogP contribution in [-0.4, -0.2) is 55.2 Å². The number of carboxylic acid groups (broad SMARTS) is 1. The molecule has 0 fully saturated rings. The highest BCUT2D eigenvalue weighted by Gasteiger charge is 2.33. The fraction of sp³-hybridized carbons (Fsp3) is 0.667. The number of ether oxygens (including phenoxy) is 5. The Hall–Kier alpha value is -3.34. The summed E-state index contributed by atoms with van der Waals surface area (Å²) in [7, 11) is 0. The van der Waals surface area contributed by atoms with Gasteiger partial charge in [0.25, 0.3) is 0 Å². The molecule has 3 atom stereocenters. The number of carboxylic acids is 1. The predicted octanol–water partition coefficient (Wildman–Crippen LogP) is 5.92. The maximum atomic E-state index is 12.4. The number of aliphatic carboxylic acids is 1. The molecule has 41 heavy (non-hydrogen) atoms. The zero-order valence-electron chi connectivity index (χ0n) is 25.3. The van der Waals surface area contributed by atoms with Crippen LogP contribution in [0.5, 0.6) is 11.5 Å². The average Bonchev–Trinajstić information content (AvgIpc) is 2.87. The van der Waals surface area contributed by atoms with Gasteiger partial charge in [0.15, 0.2) is 11.5 Å². The second-order valence-electron chi connectivity index (χ2n) is 11.5. The van der Waals surface area contributed by atoms with E-state index in [1.165, 1.54) is 18.2 Å². The molecule has 1 rings (SSSR count). The lowest BCUT2D eigenvalue weighted by atomic mass is 9.82. The van der Waals surface area contributed by atoms with Crippen LogP contribution in [0, 0.1) is 23.7 Å². The average molecular weight is 582 g/mol. The molecule has 11 heteroatoms. The summed E-state index contributed by atoms with van der Waals surface area (Å²) in [6.07, 6.45) is 0.151. The van der Waals surface area contributed by atoms with Gasteiger partial charge < -0.3 is 34.5 Å². The van der Waals surface area contributed by atoms with Crippen LogP contribution in [0.15, 0.2) is 18.2 Å². The molecule has 0 spiro atoms. The van der Waals surface area contributed by atoms with E-state index in [0.29, 0.717) is 42.6 Å². The Bertz CT molecular complexity index is 991. The van der Waals surface area contributed by atoms with Gasteiger partial charge in [0.2, 0.25) is 0 Å². The fourth-order valence-corrected chi connectivity index (χ4v) is 3.74. The highest BCUT2D eigenvalue weighted by atomic mass is 16.7. The first kappa shape index (κ1) is 35.7. The Labute approximate surface area is 243 Å². The number of nitrogens with two attached hydrogens (primary N) is 1. The number of hydrogen-bond acceptors (Lipinski definition) is 10. The van der Waals surface area contributed by atoms with E-state index >= 15 is 0 Å². The molecule has 0 bridgehead atoms. The van der Waals surface area contributed by atoms with E-state index in [9.17, 15) is 24.3 Å². The number of benzene rings is 1. The van der Waals surface area contributed by atoms with Crippen LogP contribution in [0.2, 0.25) is 0 Å². The van der Waals surface area contributed by atoms with Crippen LogP contribution in [0.1, 0.15) is 85.6 Å². The molecule has 1 aromatic carbocycles. The molecule has 0 aromatic heterocycles. The third-order valence-electron chi connectivity index (χ3n) is 6.29. The summed E-state index contributed by atoms with van der Waals surface area (Å²) in [6, 6.07) is 2.86. The number of rotatable bonds is 17. The van der Waals surface area contributed by atoms with E-state index in [4.69, 9.17) is 29.4 Å². The molecule has 3 N–H and O–H groups in total. The second kappa shape index (κ2) is 18.2. The molecule has 11 nitrogen and oxygen atoms in total. The van der Waals surface area contributed by atoms with Gasteiger partial charge in [-0.3, -0.25) is 9.59 Å². The van der Waals surface area contributed by atoms with E-state index in [0.717, 1.165) is 0 Å². The number of esters is 1. The molecule has 0 heterocycles. The van der Waals surface area contributed by atoms with Gasteiger partial charge >= 0.3 is 24.2 Å². The van der Waals surface area contributed by atoms with Gasteiger partial charge in [-0.25, -0.2) is 9.59 Å². The van der Waals surface area contributed by atoms with Gasteiger partial charge in [-0.15, -0.1) is 0 Å². The summed E-state index contributed by atoms with van der Waals surface area (Å²) >= 11 is 0. The van der Waals surface area contributed by atoms with Gasteiger partial charge in [-0.2, -0.15) is 0 Å². The largest absolute Gasteiger partial charge is 0.513 e. The molecular weight excluding hydrogens is 534 g/mol. The lowest BCUT2D eigenvalue weighted by Crippen LogP contribution is -2.40. The smallest absolute Gasteiger partial charge is 0.480 e. The molecule has 0 saturated carbocycles. The van der Waals surface area contributed by atoms with Crippen LogP contribution < -0.4 is 15.2 Å². The number of carbonyl (C=O) groups is 4. The molecular formula is C30H47NO10. The summed E-state index contributed by atoms with van der Waals surface area (Å²) < 4.78 is 26.3. The molecule has 2 unspecified atom stereocenters. The lowest BCUT2D eigenvalue weighted by Gasteiger charge is -2.28.